The first-order valence-corrected chi connectivity index (χ1v) is 6.03. The molecule has 0 amide bonds. The zero-order chi connectivity index (χ0) is 12.0. The number of aromatic nitrogens is 2. The molecule has 0 aliphatic heterocycles. The maximum absolute atomic E-state index is 11.1. The summed E-state index contributed by atoms with van der Waals surface area (Å²) in [5, 5.41) is 7.31. The number of nitrogens with one attached hydrogen (secondary N) is 1. The topological polar surface area (TPSA) is 56.2 Å². The molecule has 16 heavy (non-hydrogen) atoms. The van der Waals surface area contributed by atoms with Crippen molar-refractivity contribution in [2.45, 2.75) is 24.8 Å². The van der Waals surface area contributed by atoms with Gasteiger partial charge in [0.2, 0.25) is 0 Å². The number of hydrogen-bond acceptors (Lipinski definition) is 4. The molecule has 1 unspecified atom stereocenters. The number of halogens is 1. The highest BCUT2D eigenvalue weighted by molar-refractivity contribution is 9.10. The van der Waals surface area contributed by atoms with Crippen LogP contribution in [0.1, 0.15) is 12.5 Å². The van der Waals surface area contributed by atoms with Crippen LogP contribution in [-0.2, 0) is 22.6 Å². The van der Waals surface area contributed by atoms with Gasteiger partial charge in [-0.2, -0.15) is 5.10 Å². The van der Waals surface area contributed by atoms with Gasteiger partial charge in [0.15, 0.2) is 0 Å². The zero-order valence-corrected chi connectivity index (χ0v) is 11.0. The van der Waals surface area contributed by atoms with Gasteiger partial charge in [-0.25, -0.2) is 0 Å². The number of nitrogens with zero attached hydrogens (tertiary/aromatic N) is 2. The van der Waals surface area contributed by atoms with Gasteiger partial charge in [-0.05, 0) is 6.92 Å². The molecule has 1 aromatic heterocycles. The molecule has 1 heterocycles. The fourth-order valence-corrected chi connectivity index (χ4v) is 1.64. The van der Waals surface area contributed by atoms with E-state index in [1.165, 1.54) is 7.11 Å². The Morgan fingerprint density at radius 3 is 3.06 bits per heavy atom. The first-order valence-electron chi connectivity index (χ1n) is 5.11. The minimum absolute atomic E-state index is 0.267. The molecule has 0 saturated heterocycles. The minimum Gasteiger partial charge on any atom is -0.468 e. The number of alkyl halides is 1. The lowest BCUT2D eigenvalue weighted by molar-refractivity contribution is -0.139. The second-order valence-corrected chi connectivity index (χ2v) is 4.43. The van der Waals surface area contributed by atoms with Gasteiger partial charge in [-0.1, -0.05) is 15.9 Å². The number of carbonyl (C=O) groups excluding carboxylic acids is 1. The largest absolute Gasteiger partial charge is 0.468 e. The van der Waals surface area contributed by atoms with Crippen molar-refractivity contribution in [1.29, 1.82) is 0 Å². The Morgan fingerprint density at radius 2 is 2.50 bits per heavy atom. The number of methoxy groups -OCH3 is 1. The van der Waals surface area contributed by atoms with Crippen LogP contribution in [0.4, 0.5) is 0 Å². The molecule has 0 bridgehead atoms. The summed E-state index contributed by atoms with van der Waals surface area (Å²) in [5.41, 5.74) is 1.10. The molecule has 1 N–H and O–H groups in total. The maximum Gasteiger partial charge on any atom is 0.320 e. The fourth-order valence-electron chi connectivity index (χ4n) is 1.23. The average Bonchev–Trinajstić information content (AvgIpc) is 2.75. The molecule has 6 heteroatoms. The van der Waals surface area contributed by atoms with Crippen molar-refractivity contribution in [3.63, 3.8) is 0 Å². The van der Waals surface area contributed by atoms with Gasteiger partial charge in [0.05, 0.1) is 13.3 Å². The Bertz CT molecular complexity index is 341. The molecule has 0 radical (unpaired) electrons. The summed E-state index contributed by atoms with van der Waals surface area (Å²) < 4.78 is 6.46. The third kappa shape index (κ3) is 3.94. The average molecular weight is 290 g/mol. The normalized spacial score (nSPS) is 12.4. The third-order valence-electron chi connectivity index (χ3n) is 2.12. The van der Waals surface area contributed by atoms with Gasteiger partial charge >= 0.3 is 5.97 Å². The Labute approximate surface area is 103 Å². The molecule has 0 spiro atoms. The van der Waals surface area contributed by atoms with E-state index in [9.17, 15) is 4.79 Å². The van der Waals surface area contributed by atoms with Crippen molar-refractivity contribution >= 4 is 21.9 Å². The van der Waals surface area contributed by atoms with Crippen LogP contribution in [0.2, 0.25) is 0 Å². The fraction of sp³-hybridized carbons (Fsp3) is 0.600. The summed E-state index contributed by atoms with van der Waals surface area (Å²) in [6.45, 7) is 4.13. The van der Waals surface area contributed by atoms with Gasteiger partial charge in [0.25, 0.3) is 0 Å². The molecule has 0 aromatic carbocycles. The van der Waals surface area contributed by atoms with Gasteiger partial charge < -0.3 is 10.1 Å². The van der Waals surface area contributed by atoms with Crippen molar-refractivity contribution in [1.82, 2.24) is 15.1 Å². The van der Waals surface area contributed by atoms with Crippen LogP contribution >= 0.6 is 15.9 Å². The van der Waals surface area contributed by atoms with Crippen molar-refractivity contribution < 1.29 is 9.53 Å². The van der Waals surface area contributed by atoms with Crippen LogP contribution in [0.25, 0.3) is 0 Å². The summed E-state index contributed by atoms with van der Waals surface area (Å²) in [5.74, 6) is -0.267. The molecule has 1 rings (SSSR count). The van der Waals surface area contributed by atoms with Gasteiger partial charge in [-0.15, -0.1) is 0 Å². The predicted molar refractivity (Wildman–Crippen MR) is 64.3 cm³/mol. The number of hydrogen-bond donors (Lipinski definition) is 1. The van der Waals surface area contributed by atoms with Gasteiger partial charge in [0.1, 0.15) is 4.83 Å². The van der Waals surface area contributed by atoms with E-state index in [1.807, 2.05) is 24.0 Å². The van der Waals surface area contributed by atoms with Gasteiger partial charge in [-0.3, -0.25) is 9.48 Å². The zero-order valence-electron chi connectivity index (χ0n) is 9.44. The highest BCUT2D eigenvalue weighted by Crippen LogP contribution is 2.01. The molecule has 0 fully saturated rings. The van der Waals surface area contributed by atoms with E-state index in [0.29, 0.717) is 13.1 Å². The molecule has 1 aromatic rings. The Morgan fingerprint density at radius 1 is 1.75 bits per heavy atom. The SMILES string of the molecule is CCn1cc(CNCC(Br)C(=O)OC)cn1. The summed E-state index contributed by atoms with van der Waals surface area (Å²) in [6.07, 6.45) is 3.80. The minimum atomic E-state index is -0.307. The monoisotopic (exact) mass is 289 g/mol. The lowest BCUT2D eigenvalue weighted by atomic mass is 10.3. The van der Waals surface area contributed by atoms with Crippen LogP contribution in [0.5, 0.6) is 0 Å². The molecular weight excluding hydrogens is 274 g/mol. The molecule has 90 valence electrons. The van der Waals surface area contributed by atoms with E-state index in [0.717, 1.165) is 12.1 Å². The van der Waals surface area contributed by atoms with E-state index >= 15 is 0 Å². The van der Waals surface area contributed by atoms with Crippen LogP contribution in [0.15, 0.2) is 12.4 Å². The lowest BCUT2D eigenvalue weighted by Crippen LogP contribution is -2.29. The van der Waals surface area contributed by atoms with Gasteiger partial charge in [0, 0.05) is 31.4 Å². The highest BCUT2D eigenvalue weighted by Gasteiger charge is 2.14. The second-order valence-electron chi connectivity index (χ2n) is 3.33. The number of rotatable bonds is 6. The van der Waals surface area contributed by atoms with E-state index in [4.69, 9.17) is 0 Å². The number of esters is 1. The van der Waals surface area contributed by atoms with E-state index in [2.05, 4.69) is 31.1 Å². The lowest BCUT2D eigenvalue weighted by Gasteiger charge is -2.07. The quantitative estimate of drug-likeness (QED) is 0.625. The molecule has 5 nitrogen and oxygen atoms in total. The van der Waals surface area contributed by atoms with Crippen molar-refractivity contribution in [3.05, 3.63) is 18.0 Å². The Hall–Kier alpha value is -0.880. The first kappa shape index (κ1) is 13.2. The second kappa shape index (κ2) is 6.65. The third-order valence-corrected chi connectivity index (χ3v) is 2.82. The maximum atomic E-state index is 11.1. The van der Waals surface area contributed by atoms with Crippen molar-refractivity contribution in [3.8, 4) is 0 Å². The highest BCUT2D eigenvalue weighted by atomic mass is 79.9. The molecule has 0 aliphatic rings. The summed E-state index contributed by atoms with van der Waals surface area (Å²) in [4.78, 5) is 10.8. The molecule has 0 aliphatic carbocycles. The Balaban J connectivity index is 2.27. The van der Waals surface area contributed by atoms with Crippen LogP contribution in [0.3, 0.4) is 0 Å². The number of carbonyl (C=O) groups is 1. The van der Waals surface area contributed by atoms with E-state index in [-0.39, 0.29) is 10.8 Å². The predicted octanol–water partition coefficient (Wildman–Crippen LogP) is 0.929. The Kier molecular flexibility index (Phi) is 5.48. The molecule has 0 saturated carbocycles. The number of aryl methyl sites for hydroxylation is 1. The first-order chi connectivity index (χ1) is 7.67. The molecule has 1 atom stereocenters. The van der Waals surface area contributed by atoms with Crippen LogP contribution in [0, 0.1) is 0 Å². The molecular formula is C10H16BrN3O2. The summed E-state index contributed by atoms with van der Waals surface area (Å²) in [7, 11) is 1.38. The van der Waals surface area contributed by atoms with Crippen molar-refractivity contribution in [2.75, 3.05) is 13.7 Å². The summed E-state index contributed by atoms with van der Waals surface area (Å²) in [6, 6.07) is 0. The van der Waals surface area contributed by atoms with Crippen molar-refractivity contribution in [2.24, 2.45) is 0 Å². The van der Waals surface area contributed by atoms with E-state index < -0.39 is 0 Å². The van der Waals surface area contributed by atoms with Crippen LogP contribution in [-0.4, -0.2) is 34.2 Å². The van der Waals surface area contributed by atoms with Crippen LogP contribution < -0.4 is 5.32 Å². The smallest absolute Gasteiger partial charge is 0.320 e. The number of ether oxygens (including phenoxy) is 1. The standard InChI is InChI=1S/C10H16BrN3O2/c1-3-14-7-8(5-13-14)4-12-6-9(11)10(15)16-2/h5,7,9,12H,3-4,6H2,1-2H3. The van der Waals surface area contributed by atoms with E-state index in [1.54, 1.807) is 0 Å². The summed E-state index contributed by atoms with van der Waals surface area (Å²) >= 11 is 3.24.